The van der Waals surface area contributed by atoms with Gasteiger partial charge in [0.1, 0.15) is 0 Å². The van der Waals surface area contributed by atoms with E-state index < -0.39 is 10.0 Å². The smallest absolute Gasteiger partial charge is 0.265 e. The number of amides is 1. The summed E-state index contributed by atoms with van der Waals surface area (Å²) in [6, 6.07) is 8.48. The number of anilines is 1. The van der Waals surface area contributed by atoms with Crippen LogP contribution in [0.3, 0.4) is 0 Å². The van der Waals surface area contributed by atoms with E-state index in [9.17, 15) is 13.2 Å². The van der Waals surface area contributed by atoms with E-state index in [1.165, 1.54) is 33.7 Å². The molecule has 4 rings (SSSR count). The number of nitrogens with one attached hydrogen (secondary N) is 1. The van der Waals surface area contributed by atoms with Crippen molar-refractivity contribution in [1.82, 2.24) is 4.31 Å². The molecule has 0 spiro atoms. The second-order valence-corrected chi connectivity index (χ2v) is 10.6. The largest absolute Gasteiger partial charge is 0.379 e. The fraction of sp³-hybridized carbons (Fsp3) is 0.476. The summed E-state index contributed by atoms with van der Waals surface area (Å²) in [6.07, 6.45) is 4.44. The molecule has 0 radical (unpaired) electrons. The first-order chi connectivity index (χ1) is 14.0. The number of ether oxygens (including phenoxy) is 1. The third-order valence-corrected chi connectivity index (χ3v) is 8.82. The van der Waals surface area contributed by atoms with Crippen LogP contribution in [0.15, 0.2) is 35.2 Å². The Kier molecular flexibility index (Phi) is 6.06. The van der Waals surface area contributed by atoms with Gasteiger partial charge in [-0.3, -0.25) is 4.79 Å². The molecule has 1 aromatic carbocycles. The quantitative estimate of drug-likeness (QED) is 0.781. The summed E-state index contributed by atoms with van der Waals surface area (Å²) >= 11 is 1.56. The van der Waals surface area contributed by atoms with Crippen LogP contribution < -0.4 is 5.32 Å². The number of nitrogens with zero attached hydrogens (tertiary/aromatic N) is 1. The number of benzene rings is 1. The molecule has 1 aromatic heterocycles. The molecule has 2 heterocycles. The standard InChI is InChI=1S/C21H26N2O4S2/c1-2-15-6-7-19-16(12-15)13-20(28-19)21(24)22-17-4-3-5-18(14-17)29(25,26)23-8-10-27-11-9-23/h3-5,13-15H,2,6-12H2,1H3,(H,22,24). The average Bonchev–Trinajstić information content (AvgIpc) is 3.18. The van der Waals surface area contributed by atoms with Crippen LogP contribution in [0.4, 0.5) is 5.69 Å². The highest BCUT2D eigenvalue weighted by Crippen LogP contribution is 2.34. The minimum absolute atomic E-state index is 0.182. The molecule has 29 heavy (non-hydrogen) atoms. The lowest BCUT2D eigenvalue weighted by molar-refractivity contribution is 0.0730. The van der Waals surface area contributed by atoms with Crippen molar-refractivity contribution in [2.24, 2.45) is 5.92 Å². The molecule has 2 aromatic rings. The minimum Gasteiger partial charge on any atom is -0.379 e. The summed E-state index contributed by atoms with van der Waals surface area (Å²) in [4.78, 5) is 15.0. The zero-order chi connectivity index (χ0) is 20.4. The summed E-state index contributed by atoms with van der Waals surface area (Å²) in [5.41, 5.74) is 1.78. The number of rotatable bonds is 5. The predicted octanol–water partition coefficient (Wildman–Crippen LogP) is 3.54. The Morgan fingerprint density at radius 3 is 2.83 bits per heavy atom. The molecule has 1 aliphatic heterocycles. The lowest BCUT2D eigenvalue weighted by atomic mass is 9.87. The maximum atomic E-state index is 12.8. The van der Waals surface area contributed by atoms with E-state index in [0.29, 0.717) is 42.8 Å². The van der Waals surface area contributed by atoms with E-state index in [1.54, 1.807) is 29.5 Å². The van der Waals surface area contributed by atoms with Crippen molar-refractivity contribution in [2.75, 3.05) is 31.6 Å². The Morgan fingerprint density at radius 1 is 1.28 bits per heavy atom. The molecule has 1 N–H and O–H groups in total. The summed E-state index contributed by atoms with van der Waals surface area (Å²) in [5.74, 6) is 0.522. The van der Waals surface area contributed by atoms with Gasteiger partial charge in [-0.15, -0.1) is 11.3 Å². The summed E-state index contributed by atoms with van der Waals surface area (Å²) in [6.45, 7) is 3.71. The first-order valence-corrected chi connectivity index (χ1v) is 12.3. The molecule has 1 unspecified atom stereocenters. The van der Waals surface area contributed by atoms with E-state index in [4.69, 9.17) is 4.74 Å². The number of carbonyl (C=O) groups is 1. The van der Waals surface area contributed by atoms with Gasteiger partial charge >= 0.3 is 0 Å². The number of fused-ring (bicyclic) bond motifs is 1. The summed E-state index contributed by atoms with van der Waals surface area (Å²) < 4.78 is 32.4. The molecule has 0 saturated carbocycles. The fourth-order valence-corrected chi connectivity index (χ4v) is 6.48. The van der Waals surface area contributed by atoms with Crippen LogP contribution in [-0.4, -0.2) is 44.9 Å². The first-order valence-electron chi connectivity index (χ1n) is 10.1. The molecule has 1 aliphatic carbocycles. The summed E-state index contributed by atoms with van der Waals surface area (Å²) in [7, 11) is -3.59. The van der Waals surface area contributed by atoms with Crippen molar-refractivity contribution in [3.8, 4) is 0 Å². The molecule has 6 nitrogen and oxygen atoms in total. The molecule has 1 fully saturated rings. The van der Waals surface area contributed by atoms with Crippen LogP contribution in [0, 0.1) is 5.92 Å². The second kappa shape index (κ2) is 8.55. The van der Waals surface area contributed by atoms with Crippen LogP contribution in [0.1, 0.15) is 39.9 Å². The maximum absolute atomic E-state index is 12.8. The van der Waals surface area contributed by atoms with Gasteiger partial charge in [0.15, 0.2) is 0 Å². The zero-order valence-electron chi connectivity index (χ0n) is 16.5. The lowest BCUT2D eigenvalue weighted by Crippen LogP contribution is -2.40. The molecule has 0 bridgehead atoms. The fourth-order valence-electron chi connectivity index (χ4n) is 3.92. The monoisotopic (exact) mass is 434 g/mol. The topological polar surface area (TPSA) is 75.7 Å². The number of hydrogen-bond donors (Lipinski definition) is 1. The van der Waals surface area contributed by atoms with Crippen molar-refractivity contribution in [3.63, 3.8) is 0 Å². The molecule has 1 saturated heterocycles. The number of morpholine rings is 1. The molecule has 156 valence electrons. The highest BCUT2D eigenvalue weighted by atomic mass is 32.2. The molecule has 2 aliphatic rings. The van der Waals surface area contributed by atoms with E-state index in [1.807, 2.05) is 6.07 Å². The summed E-state index contributed by atoms with van der Waals surface area (Å²) in [5, 5.41) is 2.87. The second-order valence-electron chi connectivity index (χ2n) is 7.57. The van der Waals surface area contributed by atoms with Crippen LogP contribution >= 0.6 is 11.3 Å². The molecular formula is C21H26N2O4S2. The van der Waals surface area contributed by atoms with Crippen LogP contribution in [0.2, 0.25) is 0 Å². The molecular weight excluding hydrogens is 408 g/mol. The normalized spacial score (nSPS) is 20.2. The highest BCUT2D eigenvalue weighted by molar-refractivity contribution is 7.89. The van der Waals surface area contributed by atoms with E-state index in [0.717, 1.165) is 12.8 Å². The van der Waals surface area contributed by atoms with E-state index in [2.05, 4.69) is 12.2 Å². The van der Waals surface area contributed by atoms with Crippen molar-refractivity contribution < 1.29 is 17.9 Å². The average molecular weight is 435 g/mol. The van der Waals surface area contributed by atoms with Crippen LogP contribution in [-0.2, 0) is 27.6 Å². The van der Waals surface area contributed by atoms with Gasteiger partial charge in [0, 0.05) is 23.7 Å². The Balaban J connectivity index is 1.50. The minimum atomic E-state index is -3.59. The van der Waals surface area contributed by atoms with Crippen molar-refractivity contribution >= 4 is 33.0 Å². The molecule has 1 atom stereocenters. The number of aryl methyl sites for hydroxylation is 1. The van der Waals surface area contributed by atoms with Gasteiger partial charge in [-0.2, -0.15) is 4.31 Å². The van der Waals surface area contributed by atoms with Gasteiger partial charge in [0.2, 0.25) is 10.0 Å². The Labute approximate surface area is 175 Å². The SMILES string of the molecule is CCC1CCc2sc(C(=O)Nc3cccc(S(=O)(=O)N4CCOCC4)c3)cc2C1. The van der Waals surface area contributed by atoms with E-state index >= 15 is 0 Å². The first kappa shape index (κ1) is 20.5. The Morgan fingerprint density at radius 2 is 2.07 bits per heavy atom. The van der Waals surface area contributed by atoms with Gasteiger partial charge in [-0.25, -0.2) is 8.42 Å². The number of sulfonamides is 1. The maximum Gasteiger partial charge on any atom is 0.265 e. The van der Waals surface area contributed by atoms with E-state index in [-0.39, 0.29) is 10.8 Å². The van der Waals surface area contributed by atoms with Gasteiger partial charge < -0.3 is 10.1 Å². The Bertz CT molecular complexity index is 994. The highest BCUT2D eigenvalue weighted by Gasteiger charge is 2.27. The predicted molar refractivity (Wildman–Crippen MR) is 114 cm³/mol. The number of thiophene rings is 1. The van der Waals surface area contributed by atoms with Crippen LogP contribution in [0.25, 0.3) is 0 Å². The van der Waals surface area contributed by atoms with Crippen molar-refractivity contribution in [3.05, 3.63) is 45.6 Å². The van der Waals surface area contributed by atoms with Crippen LogP contribution in [0.5, 0.6) is 0 Å². The number of hydrogen-bond acceptors (Lipinski definition) is 5. The number of carbonyl (C=O) groups excluding carboxylic acids is 1. The van der Waals surface area contributed by atoms with Gasteiger partial charge in [-0.1, -0.05) is 19.4 Å². The van der Waals surface area contributed by atoms with Gasteiger partial charge in [-0.05, 0) is 55.0 Å². The van der Waals surface area contributed by atoms with Crippen molar-refractivity contribution in [2.45, 2.75) is 37.5 Å². The third kappa shape index (κ3) is 4.40. The van der Waals surface area contributed by atoms with Gasteiger partial charge in [0.05, 0.1) is 23.0 Å². The molecule has 1 amide bonds. The lowest BCUT2D eigenvalue weighted by Gasteiger charge is -2.26. The molecule has 8 heteroatoms. The third-order valence-electron chi connectivity index (χ3n) is 5.69. The van der Waals surface area contributed by atoms with Crippen molar-refractivity contribution in [1.29, 1.82) is 0 Å². The zero-order valence-corrected chi connectivity index (χ0v) is 18.2. The van der Waals surface area contributed by atoms with Gasteiger partial charge in [0.25, 0.3) is 5.91 Å². The Hall–Kier alpha value is -1.74.